The number of carbonyl (C=O) groups is 2. The van der Waals surface area contributed by atoms with Crippen molar-refractivity contribution in [2.45, 2.75) is 38.1 Å². The third-order valence-electron chi connectivity index (χ3n) is 7.01. The standard InChI is InChI=1S/C23H31N3O4/c1-25-10-16(23(28)26-11-17-9-18(17)12-26)4-5-19(13-25)24-22(27)7-3-15-2-6-20-21(8-15)30-14-29-20/h2,6,8,16-19H,3-5,7,9-14H2,1H3,(H,24,27)/t16-,17-,18+,19+/m1/s1. The zero-order valence-electron chi connectivity index (χ0n) is 17.6. The lowest BCUT2D eigenvalue weighted by atomic mass is 10.00. The van der Waals surface area contributed by atoms with Crippen LogP contribution in [0.15, 0.2) is 18.2 Å². The van der Waals surface area contributed by atoms with Gasteiger partial charge in [0.05, 0.1) is 5.92 Å². The number of nitrogens with zero attached hydrogens (tertiary/aromatic N) is 2. The van der Waals surface area contributed by atoms with Crippen molar-refractivity contribution in [1.82, 2.24) is 15.1 Å². The Morgan fingerprint density at radius 1 is 1.07 bits per heavy atom. The van der Waals surface area contributed by atoms with Gasteiger partial charge in [-0.3, -0.25) is 9.59 Å². The largest absolute Gasteiger partial charge is 0.454 e. The Morgan fingerprint density at radius 3 is 2.70 bits per heavy atom. The Labute approximate surface area is 177 Å². The molecule has 7 nitrogen and oxygen atoms in total. The molecule has 7 heteroatoms. The highest BCUT2D eigenvalue weighted by Gasteiger charge is 2.47. The van der Waals surface area contributed by atoms with Crippen LogP contribution in [-0.2, 0) is 16.0 Å². The second kappa shape index (κ2) is 8.10. The molecule has 4 atom stereocenters. The van der Waals surface area contributed by atoms with Gasteiger partial charge in [0.25, 0.3) is 0 Å². The molecule has 0 spiro atoms. The maximum absolute atomic E-state index is 12.9. The van der Waals surface area contributed by atoms with E-state index in [0.717, 1.165) is 67.9 Å². The van der Waals surface area contributed by atoms with Crippen molar-refractivity contribution < 1.29 is 19.1 Å². The number of aryl methyl sites for hydroxylation is 1. The second-order valence-corrected chi connectivity index (χ2v) is 9.45. The van der Waals surface area contributed by atoms with Gasteiger partial charge in [-0.15, -0.1) is 0 Å². The molecule has 3 heterocycles. The van der Waals surface area contributed by atoms with E-state index in [9.17, 15) is 9.59 Å². The number of fused-ring (bicyclic) bond motifs is 2. The van der Waals surface area contributed by atoms with Gasteiger partial charge < -0.3 is 24.6 Å². The van der Waals surface area contributed by atoms with Gasteiger partial charge in [0.1, 0.15) is 0 Å². The molecule has 0 radical (unpaired) electrons. The molecule has 1 aliphatic carbocycles. The first kappa shape index (κ1) is 19.7. The minimum Gasteiger partial charge on any atom is -0.454 e. The Kier molecular flexibility index (Phi) is 5.31. The lowest BCUT2D eigenvalue weighted by molar-refractivity contribution is -0.135. The van der Waals surface area contributed by atoms with Gasteiger partial charge in [-0.2, -0.15) is 0 Å². The molecule has 0 aromatic heterocycles. The summed E-state index contributed by atoms with van der Waals surface area (Å²) in [7, 11) is 2.05. The van der Waals surface area contributed by atoms with Crippen molar-refractivity contribution in [3.8, 4) is 11.5 Å². The molecule has 1 N–H and O–H groups in total. The topological polar surface area (TPSA) is 71.1 Å². The normalized spacial score (nSPS) is 30.0. The summed E-state index contributed by atoms with van der Waals surface area (Å²) in [6, 6.07) is 5.94. The predicted molar refractivity (Wildman–Crippen MR) is 111 cm³/mol. The summed E-state index contributed by atoms with van der Waals surface area (Å²) in [5.74, 6) is 3.51. The molecular formula is C23H31N3O4. The van der Waals surface area contributed by atoms with E-state index < -0.39 is 0 Å². The van der Waals surface area contributed by atoms with Crippen molar-refractivity contribution in [1.29, 1.82) is 0 Å². The summed E-state index contributed by atoms with van der Waals surface area (Å²) in [5, 5.41) is 3.19. The van der Waals surface area contributed by atoms with Crippen molar-refractivity contribution in [3.05, 3.63) is 23.8 Å². The highest BCUT2D eigenvalue weighted by atomic mass is 16.7. The van der Waals surface area contributed by atoms with Gasteiger partial charge in [0.2, 0.25) is 18.6 Å². The molecule has 4 aliphatic rings. The SMILES string of the molecule is CN1C[C@@H](NC(=O)CCc2ccc3c(c2)OCO3)CC[C@@H](C(=O)N2C[C@H]3C[C@H]3C2)C1. The zero-order chi connectivity index (χ0) is 20.7. The number of hydrogen-bond donors (Lipinski definition) is 1. The van der Waals surface area contributed by atoms with Crippen LogP contribution in [0.1, 0.15) is 31.2 Å². The van der Waals surface area contributed by atoms with Crippen LogP contribution in [0.2, 0.25) is 0 Å². The van der Waals surface area contributed by atoms with E-state index in [1.54, 1.807) is 0 Å². The molecule has 30 heavy (non-hydrogen) atoms. The lowest BCUT2D eigenvalue weighted by Gasteiger charge is -2.25. The number of piperidine rings is 1. The number of amides is 2. The summed E-state index contributed by atoms with van der Waals surface area (Å²) in [6.07, 6.45) is 4.14. The summed E-state index contributed by atoms with van der Waals surface area (Å²) in [6.45, 7) is 3.77. The number of likely N-dealkylation sites (tertiary alicyclic amines) is 2. The number of nitrogens with one attached hydrogen (secondary N) is 1. The van der Waals surface area contributed by atoms with Crippen molar-refractivity contribution in [2.75, 3.05) is 40.0 Å². The van der Waals surface area contributed by atoms with E-state index >= 15 is 0 Å². The van der Waals surface area contributed by atoms with Gasteiger partial charge >= 0.3 is 0 Å². The first-order valence-electron chi connectivity index (χ1n) is 11.2. The van der Waals surface area contributed by atoms with Crippen LogP contribution in [0.25, 0.3) is 0 Å². The first-order valence-corrected chi connectivity index (χ1v) is 11.2. The van der Waals surface area contributed by atoms with E-state index in [1.807, 2.05) is 18.2 Å². The molecule has 1 saturated carbocycles. The number of rotatable bonds is 5. The molecule has 1 aromatic rings. The van der Waals surface area contributed by atoms with Crippen molar-refractivity contribution in [2.24, 2.45) is 17.8 Å². The number of benzene rings is 1. The fourth-order valence-corrected chi connectivity index (χ4v) is 5.22. The molecule has 0 unspecified atom stereocenters. The van der Waals surface area contributed by atoms with Crippen LogP contribution >= 0.6 is 0 Å². The fourth-order valence-electron chi connectivity index (χ4n) is 5.22. The number of carbonyl (C=O) groups excluding carboxylic acids is 2. The molecule has 2 saturated heterocycles. The molecule has 0 bridgehead atoms. The van der Waals surface area contributed by atoms with Crippen LogP contribution in [0.5, 0.6) is 11.5 Å². The summed E-state index contributed by atoms with van der Waals surface area (Å²) in [5.41, 5.74) is 1.07. The number of likely N-dealkylation sites (N-methyl/N-ethyl adjacent to an activating group) is 1. The van der Waals surface area contributed by atoms with Crippen molar-refractivity contribution >= 4 is 11.8 Å². The van der Waals surface area contributed by atoms with Crippen LogP contribution in [0, 0.1) is 17.8 Å². The smallest absolute Gasteiger partial charge is 0.231 e. The molecule has 3 aliphatic heterocycles. The molecule has 3 fully saturated rings. The van der Waals surface area contributed by atoms with E-state index in [-0.39, 0.29) is 24.7 Å². The van der Waals surface area contributed by atoms with E-state index in [0.29, 0.717) is 18.7 Å². The lowest BCUT2D eigenvalue weighted by Crippen LogP contribution is -2.42. The Bertz CT molecular complexity index is 819. The molecule has 2 amide bonds. The van der Waals surface area contributed by atoms with E-state index in [1.165, 1.54) is 6.42 Å². The summed E-state index contributed by atoms with van der Waals surface area (Å²) in [4.78, 5) is 29.8. The van der Waals surface area contributed by atoms with E-state index in [4.69, 9.17) is 9.47 Å². The van der Waals surface area contributed by atoms with E-state index in [2.05, 4.69) is 22.2 Å². The van der Waals surface area contributed by atoms with Gasteiger partial charge in [0.15, 0.2) is 11.5 Å². The first-order chi connectivity index (χ1) is 14.5. The van der Waals surface area contributed by atoms with Gasteiger partial charge in [-0.1, -0.05) is 6.07 Å². The third kappa shape index (κ3) is 4.26. The highest BCUT2D eigenvalue weighted by molar-refractivity contribution is 5.80. The van der Waals surface area contributed by atoms with Crippen LogP contribution in [0.3, 0.4) is 0 Å². The molecule has 1 aromatic carbocycles. The Balaban J connectivity index is 1.10. The van der Waals surface area contributed by atoms with Crippen LogP contribution < -0.4 is 14.8 Å². The average Bonchev–Trinajstić information content (AvgIpc) is 3.16. The maximum atomic E-state index is 12.9. The Morgan fingerprint density at radius 2 is 1.87 bits per heavy atom. The van der Waals surface area contributed by atoms with Crippen LogP contribution in [-0.4, -0.2) is 67.7 Å². The van der Waals surface area contributed by atoms with Gasteiger partial charge in [-0.05, 0) is 62.3 Å². The van der Waals surface area contributed by atoms with Gasteiger partial charge in [0, 0.05) is 38.6 Å². The molecular weight excluding hydrogens is 382 g/mol. The zero-order valence-corrected chi connectivity index (χ0v) is 17.6. The van der Waals surface area contributed by atoms with Crippen molar-refractivity contribution in [3.63, 3.8) is 0 Å². The highest BCUT2D eigenvalue weighted by Crippen LogP contribution is 2.45. The molecule has 5 rings (SSSR count). The summed E-state index contributed by atoms with van der Waals surface area (Å²) >= 11 is 0. The Hall–Kier alpha value is -2.28. The number of hydrogen-bond acceptors (Lipinski definition) is 5. The molecule has 162 valence electrons. The minimum atomic E-state index is 0.0584. The second-order valence-electron chi connectivity index (χ2n) is 9.45. The third-order valence-corrected chi connectivity index (χ3v) is 7.01. The van der Waals surface area contributed by atoms with Gasteiger partial charge in [-0.25, -0.2) is 0 Å². The average molecular weight is 414 g/mol. The minimum absolute atomic E-state index is 0.0584. The summed E-state index contributed by atoms with van der Waals surface area (Å²) < 4.78 is 10.7. The number of ether oxygens (including phenoxy) is 2. The maximum Gasteiger partial charge on any atom is 0.231 e. The van der Waals surface area contributed by atoms with Crippen LogP contribution in [0.4, 0.5) is 0 Å². The fraction of sp³-hybridized carbons (Fsp3) is 0.652. The quantitative estimate of drug-likeness (QED) is 0.795. The monoisotopic (exact) mass is 413 g/mol. The predicted octanol–water partition coefficient (Wildman–Crippen LogP) is 1.65.